The third-order valence-electron chi connectivity index (χ3n) is 4.88. The van der Waals surface area contributed by atoms with Gasteiger partial charge in [-0.3, -0.25) is 10.1 Å². The van der Waals surface area contributed by atoms with E-state index in [1.165, 1.54) is 24.3 Å². The Morgan fingerprint density at radius 2 is 1.77 bits per heavy atom. The van der Waals surface area contributed by atoms with Crippen molar-refractivity contribution in [2.24, 2.45) is 0 Å². The van der Waals surface area contributed by atoms with Gasteiger partial charge in [0.25, 0.3) is 0 Å². The van der Waals surface area contributed by atoms with Crippen LogP contribution in [0.4, 0.5) is 10.1 Å². The van der Waals surface area contributed by atoms with Gasteiger partial charge in [-0.25, -0.2) is 4.39 Å². The highest BCUT2D eigenvalue weighted by Gasteiger charge is 2.21. The summed E-state index contributed by atoms with van der Waals surface area (Å²) in [6.45, 7) is 1.50. The van der Waals surface area contributed by atoms with E-state index < -0.39 is 6.04 Å². The van der Waals surface area contributed by atoms with Crippen molar-refractivity contribution in [1.29, 1.82) is 0 Å². The zero-order chi connectivity index (χ0) is 21.6. The summed E-state index contributed by atoms with van der Waals surface area (Å²) in [5.74, 6) is 0.547. The highest BCUT2D eigenvalue weighted by molar-refractivity contribution is 6.32. The molecule has 160 valence electrons. The number of carbonyl (C=O) groups excluding carboxylic acids is 1. The van der Waals surface area contributed by atoms with Gasteiger partial charge in [-0.05, 0) is 47.5 Å². The maximum absolute atomic E-state index is 13.2. The Balaban J connectivity index is 1.53. The van der Waals surface area contributed by atoms with Crippen LogP contribution in [-0.2, 0) is 11.3 Å². The molecule has 0 spiro atoms. The van der Waals surface area contributed by atoms with Gasteiger partial charge in [0.1, 0.15) is 11.9 Å². The molecule has 31 heavy (non-hydrogen) atoms. The lowest BCUT2D eigenvalue weighted by Crippen LogP contribution is -2.32. The Labute approximate surface area is 185 Å². The van der Waals surface area contributed by atoms with Crippen molar-refractivity contribution >= 4 is 23.2 Å². The molecule has 1 atom stereocenters. The first-order chi connectivity index (χ1) is 15.1. The molecule has 7 heteroatoms. The SMILES string of the molecule is O=C(Nc1ccc(F)cc1)[C@H](NCc1cc(Cl)c2c(c1)OCCCO2)c1ccccc1. The molecule has 0 fully saturated rings. The largest absolute Gasteiger partial charge is 0.489 e. The molecule has 1 amide bonds. The molecule has 0 unspecified atom stereocenters. The first-order valence-corrected chi connectivity index (χ1v) is 10.4. The predicted octanol–water partition coefficient (Wildman–Crippen LogP) is 5.11. The zero-order valence-corrected chi connectivity index (χ0v) is 17.5. The fourth-order valence-corrected chi connectivity index (χ4v) is 3.65. The van der Waals surface area contributed by atoms with Crippen LogP contribution in [0.15, 0.2) is 66.7 Å². The van der Waals surface area contributed by atoms with Crippen molar-refractivity contribution in [2.75, 3.05) is 18.5 Å². The van der Waals surface area contributed by atoms with Crippen LogP contribution < -0.4 is 20.1 Å². The number of fused-ring (bicyclic) bond motifs is 1. The lowest BCUT2D eigenvalue weighted by Gasteiger charge is -2.20. The van der Waals surface area contributed by atoms with E-state index in [0.29, 0.717) is 42.0 Å². The molecule has 0 saturated heterocycles. The predicted molar refractivity (Wildman–Crippen MR) is 118 cm³/mol. The minimum Gasteiger partial charge on any atom is -0.489 e. The van der Waals surface area contributed by atoms with Crippen molar-refractivity contribution in [3.8, 4) is 11.5 Å². The topological polar surface area (TPSA) is 59.6 Å². The van der Waals surface area contributed by atoms with Gasteiger partial charge in [-0.1, -0.05) is 41.9 Å². The third kappa shape index (κ3) is 5.34. The number of hydrogen-bond donors (Lipinski definition) is 2. The highest BCUT2D eigenvalue weighted by atomic mass is 35.5. The molecule has 0 saturated carbocycles. The lowest BCUT2D eigenvalue weighted by atomic mass is 10.1. The Bertz CT molecular complexity index is 1040. The molecule has 5 nitrogen and oxygen atoms in total. The summed E-state index contributed by atoms with van der Waals surface area (Å²) in [7, 11) is 0. The monoisotopic (exact) mass is 440 g/mol. The summed E-state index contributed by atoms with van der Waals surface area (Å²) in [5, 5.41) is 6.60. The van der Waals surface area contributed by atoms with Crippen molar-refractivity contribution in [3.63, 3.8) is 0 Å². The van der Waals surface area contributed by atoms with Gasteiger partial charge in [0.15, 0.2) is 11.5 Å². The maximum Gasteiger partial charge on any atom is 0.246 e. The van der Waals surface area contributed by atoms with Crippen LogP contribution in [0.5, 0.6) is 11.5 Å². The van der Waals surface area contributed by atoms with E-state index in [1.54, 1.807) is 0 Å². The fraction of sp³-hybridized carbons (Fsp3) is 0.208. The minimum atomic E-state index is -0.624. The van der Waals surface area contributed by atoms with Crippen LogP contribution in [0.2, 0.25) is 5.02 Å². The molecular formula is C24H22ClFN2O3. The molecule has 0 aromatic heterocycles. The summed E-state index contributed by atoms with van der Waals surface area (Å²) in [6, 6.07) is 18.1. The molecule has 1 heterocycles. The van der Waals surface area contributed by atoms with Gasteiger partial charge in [-0.15, -0.1) is 0 Å². The van der Waals surface area contributed by atoms with Crippen molar-refractivity contribution in [1.82, 2.24) is 5.32 Å². The van der Waals surface area contributed by atoms with E-state index in [1.807, 2.05) is 42.5 Å². The number of ether oxygens (including phenoxy) is 2. The molecule has 3 aromatic rings. The van der Waals surface area contributed by atoms with Crippen LogP contribution in [0, 0.1) is 5.82 Å². The number of anilines is 1. The Morgan fingerprint density at radius 1 is 1.03 bits per heavy atom. The molecule has 0 aliphatic carbocycles. The Morgan fingerprint density at radius 3 is 2.55 bits per heavy atom. The molecule has 2 N–H and O–H groups in total. The number of nitrogens with one attached hydrogen (secondary N) is 2. The van der Waals surface area contributed by atoms with Crippen molar-refractivity contribution < 1.29 is 18.7 Å². The van der Waals surface area contributed by atoms with Crippen molar-refractivity contribution in [3.05, 3.63) is 88.7 Å². The summed E-state index contributed by atoms with van der Waals surface area (Å²) in [4.78, 5) is 13.0. The minimum absolute atomic E-state index is 0.252. The number of rotatable bonds is 6. The van der Waals surface area contributed by atoms with Crippen LogP contribution in [-0.4, -0.2) is 19.1 Å². The first kappa shape index (κ1) is 21.2. The zero-order valence-electron chi connectivity index (χ0n) is 16.7. The molecule has 0 radical (unpaired) electrons. The average Bonchev–Trinajstić information content (AvgIpc) is 3.02. The molecule has 1 aliphatic rings. The Kier molecular flexibility index (Phi) is 6.70. The number of amides is 1. The molecule has 3 aromatic carbocycles. The Hall–Kier alpha value is -3.09. The summed E-state index contributed by atoms with van der Waals surface area (Å²) >= 11 is 6.39. The molecular weight excluding hydrogens is 419 g/mol. The molecule has 4 rings (SSSR count). The highest BCUT2D eigenvalue weighted by Crippen LogP contribution is 2.38. The van der Waals surface area contributed by atoms with Crippen molar-refractivity contribution in [2.45, 2.75) is 19.0 Å². The summed E-state index contributed by atoms with van der Waals surface area (Å²) in [5.41, 5.74) is 2.19. The van der Waals surface area contributed by atoms with Gasteiger partial charge in [0, 0.05) is 18.7 Å². The van der Waals surface area contributed by atoms with Gasteiger partial charge >= 0.3 is 0 Å². The van der Waals surface area contributed by atoms with Crippen LogP contribution in [0.25, 0.3) is 0 Å². The average molecular weight is 441 g/mol. The summed E-state index contributed by atoms with van der Waals surface area (Å²) in [6.07, 6.45) is 0.790. The van der Waals surface area contributed by atoms with E-state index in [4.69, 9.17) is 21.1 Å². The van der Waals surface area contributed by atoms with E-state index in [9.17, 15) is 9.18 Å². The molecule has 0 bridgehead atoms. The van der Waals surface area contributed by atoms with Gasteiger partial charge in [0.05, 0.1) is 18.2 Å². The second-order valence-electron chi connectivity index (χ2n) is 7.18. The quantitative estimate of drug-likeness (QED) is 0.559. The van der Waals surface area contributed by atoms with Crippen LogP contribution in [0.3, 0.4) is 0 Å². The number of hydrogen-bond acceptors (Lipinski definition) is 4. The third-order valence-corrected chi connectivity index (χ3v) is 5.16. The second kappa shape index (κ2) is 9.81. The smallest absolute Gasteiger partial charge is 0.246 e. The van der Waals surface area contributed by atoms with Gasteiger partial charge < -0.3 is 14.8 Å². The molecule has 1 aliphatic heterocycles. The first-order valence-electron chi connectivity index (χ1n) is 10.0. The fourth-order valence-electron chi connectivity index (χ4n) is 3.36. The second-order valence-corrected chi connectivity index (χ2v) is 7.58. The van der Waals surface area contributed by atoms with E-state index >= 15 is 0 Å². The van der Waals surface area contributed by atoms with Crippen LogP contribution in [0.1, 0.15) is 23.6 Å². The number of carbonyl (C=O) groups is 1. The van der Waals surface area contributed by atoms with Gasteiger partial charge in [0.2, 0.25) is 5.91 Å². The van der Waals surface area contributed by atoms with Gasteiger partial charge in [-0.2, -0.15) is 0 Å². The standard InChI is InChI=1S/C24H22ClFN2O3/c25-20-13-16(14-21-23(20)31-12-4-11-30-21)15-27-22(17-5-2-1-3-6-17)24(29)28-19-9-7-18(26)8-10-19/h1-3,5-10,13-14,22,27H,4,11-12,15H2,(H,28,29)/t22-/m1/s1. The maximum atomic E-state index is 13.2. The number of halogens is 2. The lowest BCUT2D eigenvalue weighted by molar-refractivity contribution is -0.118. The summed E-state index contributed by atoms with van der Waals surface area (Å²) < 4.78 is 24.6. The normalized spacial score (nSPS) is 13.9. The number of benzene rings is 3. The van der Waals surface area contributed by atoms with Crippen LogP contribution >= 0.6 is 11.6 Å². The van der Waals surface area contributed by atoms with E-state index in [-0.39, 0.29) is 11.7 Å². The van der Waals surface area contributed by atoms with E-state index in [2.05, 4.69) is 10.6 Å². The van der Waals surface area contributed by atoms with E-state index in [0.717, 1.165) is 17.5 Å².